The van der Waals surface area contributed by atoms with E-state index in [4.69, 9.17) is 14.2 Å². The fourth-order valence-corrected chi connectivity index (χ4v) is 4.24. The highest BCUT2D eigenvalue weighted by Crippen LogP contribution is 2.29. The van der Waals surface area contributed by atoms with E-state index in [1.54, 1.807) is 0 Å². The number of nitrogens with one attached hydrogen (secondary N) is 1. The number of rotatable bonds is 12. The molecule has 1 aliphatic rings. The van der Waals surface area contributed by atoms with E-state index in [1.165, 1.54) is 16.7 Å². The summed E-state index contributed by atoms with van der Waals surface area (Å²) in [7, 11) is 1.97. The lowest BCUT2D eigenvalue weighted by atomic mass is 9.96. The summed E-state index contributed by atoms with van der Waals surface area (Å²) < 4.78 is 18.7. The van der Waals surface area contributed by atoms with E-state index in [9.17, 15) is 0 Å². The number of ether oxygens (including phenoxy) is 3. The van der Waals surface area contributed by atoms with Crippen molar-refractivity contribution in [2.45, 2.75) is 76.6 Å². The molecule has 5 atom stereocenters. The van der Waals surface area contributed by atoms with Crippen LogP contribution in [0.25, 0.3) is 0 Å². The summed E-state index contributed by atoms with van der Waals surface area (Å²) in [5, 5.41) is 3.32. The third-order valence-corrected chi connectivity index (χ3v) is 6.35. The van der Waals surface area contributed by atoms with Crippen LogP contribution in [0.3, 0.4) is 0 Å². The maximum absolute atomic E-state index is 6.43. The zero-order valence-corrected chi connectivity index (χ0v) is 19.8. The van der Waals surface area contributed by atoms with E-state index in [-0.39, 0.29) is 26.0 Å². The fourth-order valence-electron chi connectivity index (χ4n) is 4.24. The third kappa shape index (κ3) is 7.01. The van der Waals surface area contributed by atoms with Crippen LogP contribution in [0, 0.1) is 0 Å². The molecule has 3 rings (SSSR count). The molecular formula is C28H41NO3. The van der Waals surface area contributed by atoms with Crippen LogP contribution in [0.1, 0.15) is 69.7 Å². The lowest BCUT2D eigenvalue weighted by Crippen LogP contribution is -2.38. The quantitative estimate of drug-likeness (QED) is 0.389. The van der Waals surface area contributed by atoms with Crippen LogP contribution in [-0.4, -0.2) is 32.1 Å². The van der Waals surface area contributed by atoms with Gasteiger partial charge in [-0.2, -0.15) is 0 Å². The Labute approximate surface area is 195 Å². The molecule has 0 amide bonds. The van der Waals surface area contributed by atoms with Crippen LogP contribution in [0.4, 0.5) is 0 Å². The molecule has 32 heavy (non-hydrogen) atoms. The number of benzene rings is 2. The number of allylic oxidation sites excluding steroid dienone is 1. The van der Waals surface area contributed by atoms with Gasteiger partial charge in [0.1, 0.15) is 6.10 Å². The van der Waals surface area contributed by atoms with Crippen LogP contribution < -0.4 is 5.32 Å². The van der Waals surface area contributed by atoms with Gasteiger partial charge in [0.25, 0.3) is 0 Å². The first kappa shape index (κ1) is 24.7. The van der Waals surface area contributed by atoms with Crippen molar-refractivity contribution in [1.82, 2.24) is 5.32 Å². The normalized spacial score (nSPS) is 21.6. The van der Waals surface area contributed by atoms with Crippen LogP contribution in [0.2, 0.25) is 0 Å². The second kappa shape index (κ2) is 12.9. The molecule has 0 bridgehead atoms. The lowest BCUT2D eigenvalue weighted by Gasteiger charge is -2.34. The van der Waals surface area contributed by atoms with Gasteiger partial charge in [-0.15, -0.1) is 6.58 Å². The van der Waals surface area contributed by atoms with Gasteiger partial charge in [-0.25, -0.2) is 0 Å². The molecule has 0 saturated carbocycles. The molecular weight excluding hydrogens is 398 g/mol. The summed E-state index contributed by atoms with van der Waals surface area (Å²) >= 11 is 0. The van der Waals surface area contributed by atoms with Gasteiger partial charge in [0.15, 0.2) is 6.29 Å². The molecule has 2 unspecified atom stereocenters. The highest BCUT2D eigenvalue weighted by Gasteiger charge is 2.28. The van der Waals surface area contributed by atoms with Crippen molar-refractivity contribution in [2.75, 3.05) is 13.7 Å². The second-order valence-corrected chi connectivity index (χ2v) is 8.67. The van der Waals surface area contributed by atoms with Gasteiger partial charge in [0, 0.05) is 13.4 Å². The van der Waals surface area contributed by atoms with Gasteiger partial charge in [-0.05, 0) is 56.3 Å². The van der Waals surface area contributed by atoms with Gasteiger partial charge in [0.05, 0.1) is 19.3 Å². The average molecular weight is 440 g/mol. The van der Waals surface area contributed by atoms with Gasteiger partial charge < -0.3 is 19.5 Å². The molecule has 4 nitrogen and oxygen atoms in total. The maximum atomic E-state index is 6.43. The molecule has 4 heteroatoms. The first-order valence-corrected chi connectivity index (χ1v) is 12.0. The van der Waals surface area contributed by atoms with E-state index in [2.05, 4.69) is 74.3 Å². The minimum absolute atomic E-state index is 0. The van der Waals surface area contributed by atoms with Gasteiger partial charge in [-0.3, -0.25) is 0 Å². The van der Waals surface area contributed by atoms with Crippen molar-refractivity contribution >= 4 is 0 Å². The second-order valence-electron chi connectivity index (χ2n) is 8.67. The number of hydrogen-bond acceptors (Lipinski definition) is 4. The number of likely N-dealkylation sites (N-methyl/N-ethyl adjacent to an activating group) is 1. The predicted molar refractivity (Wildman–Crippen MR) is 133 cm³/mol. The first-order valence-electron chi connectivity index (χ1n) is 12.0. The highest BCUT2D eigenvalue weighted by atomic mass is 16.7. The van der Waals surface area contributed by atoms with Crippen LogP contribution >= 0.6 is 0 Å². The van der Waals surface area contributed by atoms with E-state index >= 15 is 0 Å². The molecule has 0 aliphatic carbocycles. The Morgan fingerprint density at radius 1 is 1.12 bits per heavy atom. The Morgan fingerprint density at radius 3 is 2.53 bits per heavy atom. The largest absolute Gasteiger partial charge is 0.374 e. The molecule has 0 radical (unpaired) electrons. The Hall–Kier alpha value is -1.98. The predicted octanol–water partition coefficient (Wildman–Crippen LogP) is 6.39. The molecule has 176 valence electrons. The molecule has 1 heterocycles. The number of hydrogen-bond donors (Lipinski definition) is 1. The lowest BCUT2D eigenvalue weighted by molar-refractivity contribution is -0.229. The van der Waals surface area contributed by atoms with Gasteiger partial charge >= 0.3 is 0 Å². The van der Waals surface area contributed by atoms with Gasteiger partial charge in [-0.1, -0.05) is 67.6 Å². The van der Waals surface area contributed by atoms with Crippen LogP contribution in [0.15, 0.2) is 67.3 Å². The monoisotopic (exact) mass is 439 g/mol. The van der Waals surface area contributed by atoms with Crippen molar-refractivity contribution in [3.63, 3.8) is 0 Å². The van der Waals surface area contributed by atoms with Crippen molar-refractivity contribution < 1.29 is 15.6 Å². The maximum Gasteiger partial charge on any atom is 0.158 e. The van der Waals surface area contributed by atoms with E-state index in [0.29, 0.717) is 19.1 Å². The summed E-state index contributed by atoms with van der Waals surface area (Å²) in [4.78, 5) is 0. The molecule has 1 aliphatic heterocycles. The molecule has 0 spiro atoms. The van der Waals surface area contributed by atoms with Gasteiger partial charge in [0.2, 0.25) is 0 Å². The zero-order valence-electron chi connectivity index (χ0n) is 19.8. The summed E-state index contributed by atoms with van der Waals surface area (Å²) in [5.41, 5.74) is 3.66. The fraction of sp³-hybridized carbons (Fsp3) is 0.500. The molecule has 1 saturated heterocycles. The van der Waals surface area contributed by atoms with Crippen molar-refractivity contribution in [3.05, 3.63) is 83.9 Å². The highest BCUT2D eigenvalue weighted by molar-refractivity contribution is 5.27. The SMILES string of the molecule is C=C[C@H](CC)c1ccc(COCC2CCCC(O[C@@H](c3ccccc3)[C@@H](C)NC)O2)cc1.[HH]. The van der Waals surface area contributed by atoms with Crippen molar-refractivity contribution in [3.8, 4) is 0 Å². The molecule has 1 N–H and O–H groups in total. The van der Waals surface area contributed by atoms with E-state index < -0.39 is 0 Å². The minimum atomic E-state index is -0.206. The summed E-state index contributed by atoms with van der Waals surface area (Å²) in [6.07, 6.45) is 5.91. The summed E-state index contributed by atoms with van der Waals surface area (Å²) in [5.74, 6) is 0.419. The first-order chi connectivity index (χ1) is 15.6. The topological polar surface area (TPSA) is 39.7 Å². The third-order valence-electron chi connectivity index (χ3n) is 6.35. The van der Waals surface area contributed by atoms with Crippen molar-refractivity contribution in [1.29, 1.82) is 0 Å². The molecule has 0 aromatic heterocycles. The van der Waals surface area contributed by atoms with Crippen molar-refractivity contribution in [2.24, 2.45) is 0 Å². The standard InChI is InChI=1S/C28H39NO3.H2/c1-5-23(6-2)24-17-15-22(16-18-24)19-30-20-26-13-10-14-27(31-26)32-28(21(3)29-4)25-11-8-7-9-12-25;/h5,7-9,11-12,15-18,21,23,26-29H,1,6,10,13-14,19-20H2,2-4H3;1H/t21-,23-,26?,27?,28-;/m1./s1. The molecule has 2 aromatic carbocycles. The Bertz CT molecular complexity index is 799. The summed E-state index contributed by atoms with van der Waals surface area (Å²) in [6.45, 7) is 9.45. The van der Waals surface area contributed by atoms with Crippen LogP contribution in [-0.2, 0) is 20.8 Å². The zero-order chi connectivity index (χ0) is 22.8. The minimum Gasteiger partial charge on any atom is -0.374 e. The molecule has 2 aromatic rings. The smallest absolute Gasteiger partial charge is 0.158 e. The Balaban J connectivity index is 0.00000385. The van der Waals surface area contributed by atoms with Crippen LogP contribution in [0.5, 0.6) is 0 Å². The summed E-state index contributed by atoms with van der Waals surface area (Å²) in [6, 6.07) is 19.2. The van der Waals surface area contributed by atoms with E-state index in [1.807, 2.05) is 19.2 Å². The van der Waals surface area contributed by atoms with E-state index in [0.717, 1.165) is 25.7 Å². The Morgan fingerprint density at radius 2 is 1.88 bits per heavy atom. The Kier molecular flexibility index (Phi) is 9.94. The average Bonchev–Trinajstić information content (AvgIpc) is 2.84. The molecule has 1 fully saturated rings.